The van der Waals surface area contributed by atoms with Crippen molar-refractivity contribution >= 4 is 16.9 Å². The molecule has 1 fully saturated rings. The van der Waals surface area contributed by atoms with Crippen molar-refractivity contribution in [2.24, 2.45) is 11.8 Å². The molecule has 156 valence electrons. The minimum Gasteiger partial charge on any atom is -0.493 e. The number of pyridine rings is 1. The smallest absolute Gasteiger partial charge is 0.306 e. The Bertz CT molecular complexity index is 1020. The number of aromatic nitrogens is 1. The van der Waals surface area contributed by atoms with Crippen molar-refractivity contribution in [3.05, 3.63) is 60.3 Å². The Morgan fingerprint density at radius 2 is 1.97 bits per heavy atom. The molecule has 4 rings (SSSR count). The Kier molecular flexibility index (Phi) is 6.32. The van der Waals surface area contributed by atoms with Gasteiger partial charge in [0.2, 0.25) is 0 Å². The number of benzene rings is 2. The number of carboxylic acid groups (broad SMARTS) is 1. The van der Waals surface area contributed by atoms with Gasteiger partial charge in [-0.05, 0) is 66.6 Å². The maximum atomic E-state index is 11.3. The van der Waals surface area contributed by atoms with E-state index in [0.29, 0.717) is 12.3 Å². The van der Waals surface area contributed by atoms with Crippen LogP contribution in [0.1, 0.15) is 44.6 Å². The lowest BCUT2D eigenvalue weighted by Gasteiger charge is -2.23. The van der Waals surface area contributed by atoms with Gasteiger partial charge in [-0.25, -0.2) is 0 Å². The van der Waals surface area contributed by atoms with Crippen molar-refractivity contribution in [1.29, 1.82) is 0 Å². The molecule has 4 nitrogen and oxygen atoms in total. The van der Waals surface area contributed by atoms with Gasteiger partial charge in [0, 0.05) is 17.1 Å². The van der Waals surface area contributed by atoms with Crippen LogP contribution in [0.5, 0.6) is 5.75 Å². The van der Waals surface area contributed by atoms with E-state index in [9.17, 15) is 9.90 Å². The summed E-state index contributed by atoms with van der Waals surface area (Å²) in [6.45, 7) is 2.49. The minimum atomic E-state index is -0.772. The van der Waals surface area contributed by atoms with Crippen molar-refractivity contribution in [3.8, 4) is 16.9 Å². The molecule has 2 aromatic carbocycles. The maximum Gasteiger partial charge on any atom is 0.306 e. The molecule has 0 amide bonds. The molecule has 1 aliphatic rings. The summed E-state index contributed by atoms with van der Waals surface area (Å²) in [6, 6.07) is 16.3. The highest BCUT2D eigenvalue weighted by Crippen LogP contribution is 2.34. The maximum absolute atomic E-state index is 11.3. The number of carbonyl (C=O) groups is 1. The van der Waals surface area contributed by atoms with E-state index in [2.05, 4.69) is 29.2 Å². The minimum absolute atomic E-state index is 0.423. The third-order valence-corrected chi connectivity index (χ3v) is 6.12. The fourth-order valence-electron chi connectivity index (χ4n) is 4.30. The summed E-state index contributed by atoms with van der Waals surface area (Å²) < 4.78 is 6.32. The highest BCUT2D eigenvalue weighted by Gasteiger charge is 2.17. The van der Waals surface area contributed by atoms with Gasteiger partial charge in [-0.15, -0.1) is 0 Å². The van der Waals surface area contributed by atoms with E-state index in [0.717, 1.165) is 39.9 Å². The van der Waals surface area contributed by atoms with Gasteiger partial charge in [0.05, 0.1) is 18.0 Å². The molecule has 0 bridgehead atoms. The van der Waals surface area contributed by atoms with Gasteiger partial charge >= 0.3 is 5.97 Å². The van der Waals surface area contributed by atoms with Crippen LogP contribution in [0.2, 0.25) is 0 Å². The van der Waals surface area contributed by atoms with E-state index in [4.69, 9.17) is 4.74 Å². The SMILES string of the molecule is CC(Cc1ccc(OCC2CCCCC2)c(-c2ccc3ncccc3c2)c1)C(=O)O. The van der Waals surface area contributed by atoms with Gasteiger partial charge in [0.25, 0.3) is 0 Å². The van der Waals surface area contributed by atoms with Crippen LogP contribution in [0, 0.1) is 11.8 Å². The number of carboxylic acids is 1. The quantitative estimate of drug-likeness (QED) is 0.516. The molecule has 1 saturated carbocycles. The second-order valence-corrected chi connectivity index (χ2v) is 8.50. The molecule has 1 unspecified atom stereocenters. The third-order valence-electron chi connectivity index (χ3n) is 6.12. The molecule has 0 saturated heterocycles. The highest BCUT2D eigenvalue weighted by atomic mass is 16.5. The Morgan fingerprint density at radius 1 is 1.13 bits per heavy atom. The van der Waals surface area contributed by atoms with Crippen molar-refractivity contribution < 1.29 is 14.6 Å². The lowest BCUT2D eigenvalue weighted by molar-refractivity contribution is -0.141. The van der Waals surface area contributed by atoms with Crippen LogP contribution in [0.4, 0.5) is 0 Å². The van der Waals surface area contributed by atoms with Gasteiger partial charge < -0.3 is 9.84 Å². The Hall–Kier alpha value is -2.88. The average molecular weight is 404 g/mol. The zero-order valence-electron chi connectivity index (χ0n) is 17.5. The van der Waals surface area contributed by atoms with Gasteiger partial charge in [-0.3, -0.25) is 9.78 Å². The van der Waals surface area contributed by atoms with Gasteiger partial charge in [0.1, 0.15) is 5.75 Å². The van der Waals surface area contributed by atoms with E-state index in [-0.39, 0.29) is 0 Å². The molecule has 1 atom stereocenters. The van der Waals surface area contributed by atoms with E-state index in [1.54, 1.807) is 13.1 Å². The molecule has 1 aromatic heterocycles. The first kappa shape index (κ1) is 20.4. The third kappa shape index (κ3) is 4.81. The summed E-state index contributed by atoms with van der Waals surface area (Å²) in [4.78, 5) is 15.7. The fourth-order valence-corrected chi connectivity index (χ4v) is 4.30. The monoisotopic (exact) mass is 403 g/mol. The van der Waals surface area contributed by atoms with Crippen LogP contribution in [0.25, 0.3) is 22.0 Å². The molecular formula is C26H29NO3. The molecule has 30 heavy (non-hydrogen) atoms. The highest BCUT2D eigenvalue weighted by molar-refractivity contribution is 5.85. The predicted molar refractivity (Wildman–Crippen MR) is 120 cm³/mol. The summed E-state index contributed by atoms with van der Waals surface area (Å²) in [5.41, 5.74) is 4.06. The lowest BCUT2D eigenvalue weighted by atomic mass is 9.90. The van der Waals surface area contributed by atoms with Crippen LogP contribution in [0.3, 0.4) is 0 Å². The number of rotatable bonds is 7. The average Bonchev–Trinajstić information content (AvgIpc) is 2.78. The summed E-state index contributed by atoms with van der Waals surface area (Å²) in [5.74, 6) is 0.299. The molecule has 0 spiro atoms. The van der Waals surface area contributed by atoms with Crippen LogP contribution < -0.4 is 4.74 Å². The fraction of sp³-hybridized carbons (Fsp3) is 0.385. The summed E-state index contributed by atoms with van der Waals surface area (Å²) in [7, 11) is 0. The standard InChI is InChI=1S/C26H29NO3/c1-18(26(28)29)14-20-9-12-25(30-17-19-6-3-2-4-7-19)23(15-20)21-10-11-24-22(16-21)8-5-13-27-24/h5,8-13,15-16,18-19H,2-4,6-7,14,17H2,1H3,(H,28,29). The summed E-state index contributed by atoms with van der Waals surface area (Å²) >= 11 is 0. The van der Waals surface area contributed by atoms with Crippen molar-refractivity contribution in [2.45, 2.75) is 45.4 Å². The normalized spacial score (nSPS) is 15.8. The van der Waals surface area contributed by atoms with Gasteiger partial charge in [-0.2, -0.15) is 0 Å². The zero-order valence-corrected chi connectivity index (χ0v) is 17.5. The van der Waals surface area contributed by atoms with Crippen LogP contribution in [-0.4, -0.2) is 22.7 Å². The Labute approximate surface area is 177 Å². The first-order valence-corrected chi connectivity index (χ1v) is 10.9. The summed E-state index contributed by atoms with van der Waals surface area (Å²) in [6.07, 6.45) is 8.71. The second kappa shape index (κ2) is 9.29. The number of aliphatic carboxylic acids is 1. The molecule has 0 aliphatic heterocycles. The number of hydrogen-bond acceptors (Lipinski definition) is 3. The first-order chi connectivity index (χ1) is 14.6. The zero-order chi connectivity index (χ0) is 20.9. The van der Waals surface area contributed by atoms with Crippen molar-refractivity contribution in [3.63, 3.8) is 0 Å². The number of ether oxygens (including phenoxy) is 1. The number of nitrogens with zero attached hydrogens (tertiary/aromatic N) is 1. The molecule has 1 aliphatic carbocycles. The number of hydrogen-bond donors (Lipinski definition) is 1. The van der Waals surface area contributed by atoms with Crippen LogP contribution in [-0.2, 0) is 11.2 Å². The van der Waals surface area contributed by atoms with E-state index < -0.39 is 11.9 Å². The topological polar surface area (TPSA) is 59.4 Å². The Morgan fingerprint density at radius 3 is 2.77 bits per heavy atom. The molecule has 4 heteroatoms. The van der Waals surface area contributed by atoms with Gasteiger partial charge in [0.15, 0.2) is 0 Å². The van der Waals surface area contributed by atoms with E-state index >= 15 is 0 Å². The molecule has 1 N–H and O–H groups in total. The number of fused-ring (bicyclic) bond motifs is 1. The van der Waals surface area contributed by atoms with Crippen LogP contribution in [0.15, 0.2) is 54.7 Å². The summed E-state index contributed by atoms with van der Waals surface area (Å²) in [5, 5.41) is 10.4. The van der Waals surface area contributed by atoms with Crippen molar-refractivity contribution in [1.82, 2.24) is 4.98 Å². The van der Waals surface area contributed by atoms with Gasteiger partial charge in [-0.1, -0.05) is 44.4 Å². The lowest BCUT2D eigenvalue weighted by Crippen LogP contribution is -2.15. The molecule has 0 radical (unpaired) electrons. The van der Waals surface area contributed by atoms with Crippen molar-refractivity contribution in [2.75, 3.05) is 6.61 Å². The second-order valence-electron chi connectivity index (χ2n) is 8.50. The van der Waals surface area contributed by atoms with Crippen LogP contribution >= 0.6 is 0 Å². The molecule has 3 aromatic rings. The molecule has 1 heterocycles. The molecular weight excluding hydrogens is 374 g/mol. The first-order valence-electron chi connectivity index (χ1n) is 10.9. The predicted octanol–water partition coefficient (Wildman–Crippen LogP) is 6.12. The van der Waals surface area contributed by atoms with E-state index in [1.165, 1.54) is 32.1 Å². The largest absolute Gasteiger partial charge is 0.493 e. The Balaban J connectivity index is 1.66. The van der Waals surface area contributed by atoms with E-state index in [1.807, 2.05) is 24.3 Å².